The van der Waals surface area contributed by atoms with Crippen LogP contribution in [0, 0.1) is 0 Å². The maximum absolute atomic E-state index is 6.06. The Bertz CT molecular complexity index is 750. The van der Waals surface area contributed by atoms with Crippen molar-refractivity contribution in [3.63, 3.8) is 0 Å². The molecule has 102 valence electrons. The van der Waals surface area contributed by atoms with Gasteiger partial charge in [0, 0.05) is 11.3 Å². The van der Waals surface area contributed by atoms with Crippen LogP contribution in [0.2, 0.25) is 0 Å². The average Bonchev–Trinajstić information content (AvgIpc) is 2.56. The molecule has 0 heterocycles. The molecule has 0 radical (unpaired) electrons. The highest BCUT2D eigenvalue weighted by Crippen LogP contribution is 2.30. The van der Waals surface area contributed by atoms with Crippen LogP contribution in [0.25, 0.3) is 11.1 Å². The molecule has 3 nitrogen and oxygen atoms in total. The van der Waals surface area contributed by atoms with Crippen LogP contribution in [0.3, 0.4) is 0 Å². The Morgan fingerprint density at radius 1 is 0.619 bits per heavy atom. The minimum atomic E-state index is 0.736. The second kappa shape index (κ2) is 6.01. The number of azo groups is 1. The van der Waals surface area contributed by atoms with E-state index in [4.69, 9.17) is 5.73 Å². The molecule has 0 spiro atoms. The molecule has 0 saturated heterocycles. The molecule has 21 heavy (non-hydrogen) atoms. The summed E-state index contributed by atoms with van der Waals surface area (Å²) in [7, 11) is 0. The SMILES string of the molecule is Nc1ccc(N=Nc2ccccc2)cc1-c1ccccc1. The number of benzene rings is 3. The first-order chi connectivity index (χ1) is 10.3. The molecular formula is C18H15N3. The number of nitrogen functional groups attached to an aromatic ring is 1. The highest BCUT2D eigenvalue weighted by Gasteiger charge is 2.03. The third-order valence-corrected chi connectivity index (χ3v) is 3.16. The van der Waals surface area contributed by atoms with E-state index in [0.29, 0.717) is 0 Å². The van der Waals surface area contributed by atoms with Gasteiger partial charge in [-0.3, -0.25) is 0 Å². The Hall–Kier alpha value is -2.94. The number of rotatable bonds is 3. The van der Waals surface area contributed by atoms with Gasteiger partial charge in [-0.1, -0.05) is 48.5 Å². The fraction of sp³-hybridized carbons (Fsp3) is 0. The summed E-state index contributed by atoms with van der Waals surface area (Å²) < 4.78 is 0. The lowest BCUT2D eigenvalue weighted by Gasteiger charge is -2.06. The summed E-state index contributed by atoms with van der Waals surface area (Å²) in [6.07, 6.45) is 0. The van der Waals surface area contributed by atoms with E-state index in [-0.39, 0.29) is 0 Å². The van der Waals surface area contributed by atoms with Crippen molar-refractivity contribution < 1.29 is 0 Å². The lowest BCUT2D eigenvalue weighted by Crippen LogP contribution is -1.89. The molecule has 0 aliphatic rings. The molecule has 0 bridgehead atoms. The molecular weight excluding hydrogens is 258 g/mol. The Kier molecular flexibility index (Phi) is 3.74. The first-order valence-electron chi connectivity index (χ1n) is 6.75. The normalized spacial score (nSPS) is 10.9. The smallest absolute Gasteiger partial charge is 0.0864 e. The average molecular weight is 273 g/mol. The minimum absolute atomic E-state index is 0.736. The van der Waals surface area contributed by atoms with Gasteiger partial charge in [-0.15, -0.1) is 0 Å². The lowest BCUT2D eigenvalue weighted by atomic mass is 10.0. The van der Waals surface area contributed by atoms with Gasteiger partial charge in [-0.05, 0) is 35.9 Å². The van der Waals surface area contributed by atoms with E-state index in [2.05, 4.69) is 10.2 Å². The van der Waals surface area contributed by atoms with E-state index in [0.717, 1.165) is 28.2 Å². The van der Waals surface area contributed by atoms with Crippen molar-refractivity contribution in [2.75, 3.05) is 5.73 Å². The number of anilines is 1. The first-order valence-corrected chi connectivity index (χ1v) is 6.75. The van der Waals surface area contributed by atoms with Crippen molar-refractivity contribution in [3.8, 4) is 11.1 Å². The van der Waals surface area contributed by atoms with Gasteiger partial charge in [0.2, 0.25) is 0 Å². The third kappa shape index (κ3) is 3.15. The molecule has 0 atom stereocenters. The predicted octanol–water partition coefficient (Wildman–Crippen LogP) is 5.35. The van der Waals surface area contributed by atoms with Crippen LogP contribution in [-0.4, -0.2) is 0 Å². The zero-order valence-electron chi connectivity index (χ0n) is 11.5. The van der Waals surface area contributed by atoms with Gasteiger partial charge >= 0.3 is 0 Å². The van der Waals surface area contributed by atoms with Crippen LogP contribution in [0.15, 0.2) is 89.1 Å². The molecule has 3 heteroatoms. The van der Waals surface area contributed by atoms with Crippen LogP contribution in [0.1, 0.15) is 0 Å². The zero-order chi connectivity index (χ0) is 14.5. The van der Waals surface area contributed by atoms with Crippen molar-refractivity contribution in [1.29, 1.82) is 0 Å². The quantitative estimate of drug-likeness (QED) is 0.507. The van der Waals surface area contributed by atoms with Crippen molar-refractivity contribution in [2.45, 2.75) is 0 Å². The molecule has 3 aromatic carbocycles. The second-order valence-corrected chi connectivity index (χ2v) is 4.67. The van der Waals surface area contributed by atoms with Gasteiger partial charge < -0.3 is 5.73 Å². The third-order valence-electron chi connectivity index (χ3n) is 3.16. The number of hydrogen-bond donors (Lipinski definition) is 1. The van der Waals surface area contributed by atoms with E-state index >= 15 is 0 Å². The molecule has 0 fully saturated rings. The van der Waals surface area contributed by atoms with Gasteiger partial charge in [-0.25, -0.2) is 0 Å². The van der Waals surface area contributed by atoms with Gasteiger partial charge in [0.25, 0.3) is 0 Å². The summed E-state index contributed by atoms with van der Waals surface area (Å²) in [5.41, 5.74) is 10.5. The lowest BCUT2D eigenvalue weighted by molar-refractivity contribution is 1.23. The van der Waals surface area contributed by atoms with Crippen molar-refractivity contribution >= 4 is 17.1 Å². The largest absolute Gasteiger partial charge is 0.398 e. The summed E-state index contributed by atoms with van der Waals surface area (Å²) >= 11 is 0. The van der Waals surface area contributed by atoms with E-state index in [1.807, 2.05) is 78.9 Å². The molecule has 3 rings (SSSR count). The molecule has 0 unspecified atom stereocenters. The zero-order valence-corrected chi connectivity index (χ0v) is 11.5. The summed E-state index contributed by atoms with van der Waals surface area (Å²) in [6, 6.07) is 25.4. The first kappa shape index (κ1) is 13.1. The monoisotopic (exact) mass is 273 g/mol. The summed E-state index contributed by atoms with van der Waals surface area (Å²) in [4.78, 5) is 0. The van der Waals surface area contributed by atoms with Crippen LogP contribution in [-0.2, 0) is 0 Å². The van der Waals surface area contributed by atoms with Crippen molar-refractivity contribution in [1.82, 2.24) is 0 Å². The second-order valence-electron chi connectivity index (χ2n) is 4.67. The van der Waals surface area contributed by atoms with Crippen LogP contribution in [0.5, 0.6) is 0 Å². The van der Waals surface area contributed by atoms with Gasteiger partial charge in [-0.2, -0.15) is 10.2 Å². The standard InChI is InChI=1S/C18H15N3/c19-18-12-11-16(21-20-15-9-5-2-6-10-15)13-17(18)14-7-3-1-4-8-14/h1-13H,19H2. The number of hydrogen-bond acceptors (Lipinski definition) is 3. The molecule has 0 aliphatic carbocycles. The van der Waals surface area contributed by atoms with E-state index in [1.54, 1.807) is 0 Å². The van der Waals surface area contributed by atoms with Crippen LogP contribution in [0.4, 0.5) is 17.1 Å². The summed E-state index contributed by atoms with van der Waals surface area (Å²) in [6.45, 7) is 0. The Labute approximate surface area is 123 Å². The van der Waals surface area contributed by atoms with Gasteiger partial charge in [0.15, 0.2) is 0 Å². The number of nitrogens with zero attached hydrogens (tertiary/aromatic N) is 2. The Morgan fingerprint density at radius 2 is 1.24 bits per heavy atom. The summed E-state index contributed by atoms with van der Waals surface area (Å²) in [5, 5.41) is 8.50. The highest BCUT2D eigenvalue weighted by molar-refractivity contribution is 5.78. The molecule has 0 aromatic heterocycles. The Balaban J connectivity index is 1.93. The molecule has 2 N–H and O–H groups in total. The molecule has 0 amide bonds. The Morgan fingerprint density at radius 3 is 1.95 bits per heavy atom. The van der Waals surface area contributed by atoms with E-state index in [9.17, 15) is 0 Å². The highest BCUT2D eigenvalue weighted by atomic mass is 15.1. The van der Waals surface area contributed by atoms with Crippen LogP contribution >= 0.6 is 0 Å². The maximum Gasteiger partial charge on any atom is 0.0864 e. The fourth-order valence-corrected chi connectivity index (χ4v) is 2.08. The van der Waals surface area contributed by atoms with Gasteiger partial charge in [0.05, 0.1) is 11.4 Å². The fourth-order valence-electron chi connectivity index (χ4n) is 2.08. The van der Waals surface area contributed by atoms with Crippen molar-refractivity contribution in [2.24, 2.45) is 10.2 Å². The van der Waals surface area contributed by atoms with E-state index < -0.39 is 0 Å². The van der Waals surface area contributed by atoms with E-state index in [1.165, 1.54) is 0 Å². The maximum atomic E-state index is 6.06. The van der Waals surface area contributed by atoms with Crippen molar-refractivity contribution in [3.05, 3.63) is 78.9 Å². The summed E-state index contributed by atoms with van der Waals surface area (Å²) in [5.74, 6) is 0. The molecule has 0 aliphatic heterocycles. The minimum Gasteiger partial charge on any atom is -0.398 e. The van der Waals surface area contributed by atoms with Crippen LogP contribution < -0.4 is 5.73 Å². The molecule has 3 aromatic rings. The van der Waals surface area contributed by atoms with Gasteiger partial charge in [0.1, 0.15) is 0 Å². The number of nitrogens with two attached hydrogens (primary N) is 1. The molecule has 0 saturated carbocycles. The predicted molar refractivity (Wildman–Crippen MR) is 86.9 cm³/mol. The topological polar surface area (TPSA) is 50.7 Å².